The van der Waals surface area contributed by atoms with E-state index in [4.69, 9.17) is 4.74 Å². The van der Waals surface area contributed by atoms with E-state index in [2.05, 4.69) is 38.0 Å². The van der Waals surface area contributed by atoms with Crippen LogP contribution in [0.15, 0.2) is 0 Å². The van der Waals surface area contributed by atoms with Gasteiger partial charge in [-0.2, -0.15) is 0 Å². The van der Waals surface area contributed by atoms with Gasteiger partial charge in [0.1, 0.15) is 0 Å². The normalized spacial score (nSPS) is 32.6. The zero-order chi connectivity index (χ0) is 15.3. The van der Waals surface area contributed by atoms with Crippen molar-refractivity contribution in [3.8, 4) is 0 Å². The van der Waals surface area contributed by atoms with Crippen LogP contribution in [0.2, 0.25) is 0 Å². The summed E-state index contributed by atoms with van der Waals surface area (Å²) >= 11 is 0. The Labute approximate surface area is 131 Å². The van der Waals surface area contributed by atoms with Crippen molar-refractivity contribution >= 4 is 0 Å². The third-order valence-electron chi connectivity index (χ3n) is 6.30. The highest BCUT2D eigenvalue weighted by Gasteiger charge is 2.42. The Kier molecular flexibility index (Phi) is 6.51. The minimum Gasteiger partial charge on any atom is -0.379 e. The lowest BCUT2D eigenvalue weighted by Crippen LogP contribution is -2.63. The zero-order valence-electron chi connectivity index (χ0n) is 14.7. The van der Waals surface area contributed by atoms with E-state index in [1.807, 2.05) is 0 Å². The Balaban J connectivity index is 2.11. The molecule has 0 aromatic carbocycles. The van der Waals surface area contributed by atoms with Gasteiger partial charge in [-0.15, -0.1) is 0 Å². The summed E-state index contributed by atoms with van der Waals surface area (Å²) in [6.45, 7) is 11.2. The van der Waals surface area contributed by atoms with Gasteiger partial charge in [0.2, 0.25) is 0 Å². The van der Waals surface area contributed by atoms with Gasteiger partial charge in [0.15, 0.2) is 0 Å². The molecule has 4 atom stereocenters. The van der Waals surface area contributed by atoms with Crippen molar-refractivity contribution in [2.75, 3.05) is 33.4 Å². The smallest absolute Gasteiger partial charge is 0.0594 e. The van der Waals surface area contributed by atoms with Crippen LogP contribution >= 0.6 is 0 Å². The highest BCUT2D eigenvalue weighted by molar-refractivity contribution is 5.00. The SMILES string of the molecule is CCC1CCCC(C(NC)C(C)(CC)N2CCOCC2)C1. The van der Waals surface area contributed by atoms with E-state index >= 15 is 0 Å². The van der Waals surface area contributed by atoms with Crippen molar-refractivity contribution in [2.24, 2.45) is 11.8 Å². The van der Waals surface area contributed by atoms with Crippen LogP contribution in [0.1, 0.15) is 59.3 Å². The first-order valence-corrected chi connectivity index (χ1v) is 9.15. The second kappa shape index (κ2) is 7.94. The van der Waals surface area contributed by atoms with Gasteiger partial charge in [0, 0.05) is 24.7 Å². The molecule has 1 aliphatic heterocycles. The first-order valence-electron chi connectivity index (χ1n) is 9.15. The molecule has 2 rings (SSSR count). The third-order valence-corrected chi connectivity index (χ3v) is 6.30. The molecule has 0 amide bonds. The molecule has 0 aromatic rings. The van der Waals surface area contributed by atoms with Crippen LogP contribution in [0.3, 0.4) is 0 Å². The highest BCUT2D eigenvalue weighted by Crippen LogP contribution is 2.38. The van der Waals surface area contributed by atoms with Crippen molar-refractivity contribution in [2.45, 2.75) is 70.9 Å². The summed E-state index contributed by atoms with van der Waals surface area (Å²) in [6.07, 6.45) is 8.26. The maximum absolute atomic E-state index is 5.57. The van der Waals surface area contributed by atoms with Gasteiger partial charge in [-0.05, 0) is 45.1 Å². The van der Waals surface area contributed by atoms with Gasteiger partial charge in [-0.3, -0.25) is 4.90 Å². The predicted molar refractivity (Wildman–Crippen MR) is 89.7 cm³/mol. The summed E-state index contributed by atoms with van der Waals surface area (Å²) in [7, 11) is 2.18. The van der Waals surface area contributed by atoms with E-state index < -0.39 is 0 Å². The van der Waals surface area contributed by atoms with E-state index in [1.165, 1.54) is 38.5 Å². The molecule has 3 heteroatoms. The lowest BCUT2D eigenvalue weighted by Gasteiger charge is -2.51. The number of nitrogens with one attached hydrogen (secondary N) is 1. The van der Waals surface area contributed by atoms with E-state index in [9.17, 15) is 0 Å². The van der Waals surface area contributed by atoms with E-state index in [0.29, 0.717) is 6.04 Å². The van der Waals surface area contributed by atoms with Gasteiger partial charge in [-0.25, -0.2) is 0 Å². The maximum atomic E-state index is 5.57. The molecule has 0 spiro atoms. The molecule has 2 aliphatic rings. The predicted octanol–water partition coefficient (Wildman–Crippen LogP) is 3.29. The molecular weight excluding hydrogens is 260 g/mol. The quantitative estimate of drug-likeness (QED) is 0.814. The Bertz CT molecular complexity index is 304. The summed E-state index contributed by atoms with van der Waals surface area (Å²) in [5.74, 6) is 1.78. The Morgan fingerprint density at radius 3 is 2.52 bits per heavy atom. The molecule has 1 saturated carbocycles. The summed E-state index contributed by atoms with van der Waals surface area (Å²) < 4.78 is 5.57. The molecule has 2 fully saturated rings. The Hall–Kier alpha value is -0.120. The lowest BCUT2D eigenvalue weighted by molar-refractivity contribution is -0.0443. The fourth-order valence-electron chi connectivity index (χ4n) is 4.77. The van der Waals surface area contributed by atoms with Gasteiger partial charge >= 0.3 is 0 Å². The molecule has 4 unspecified atom stereocenters. The molecule has 1 N–H and O–H groups in total. The molecule has 3 nitrogen and oxygen atoms in total. The monoisotopic (exact) mass is 296 g/mol. The molecule has 0 bridgehead atoms. The minimum absolute atomic E-state index is 0.263. The number of nitrogens with zero attached hydrogens (tertiary/aromatic N) is 1. The fourth-order valence-corrected chi connectivity index (χ4v) is 4.77. The lowest BCUT2D eigenvalue weighted by atomic mass is 9.70. The number of likely N-dealkylation sites (N-methyl/N-ethyl adjacent to an activating group) is 1. The van der Waals surface area contributed by atoms with Crippen LogP contribution in [-0.4, -0.2) is 49.8 Å². The summed E-state index contributed by atoms with van der Waals surface area (Å²) in [5, 5.41) is 3.72. The van der Waals surface area contributed by atoms with Crippen molar-refractivity contribution in [3.63, 3.8) is 0 Å². The topological polar surface area (TPSA) is 24.5 Å². The third kappa shape index (κ3) is 3.80. The second-order valence-electron chi connectivity index (χ2n) is 7.28. The minimum atomic E-state index is 0.263. The van der Waals surface area contributed by atoms with Crippen molar-refractivity contribution < 1.29 is 4.74 Å². The molecular formula is C18H36N2O. The second-order valence-corrected chi connectivity index (χ2v) is 7.28. The van der Waals surface area contributed by atoms with Crippen LogP contribution in [0.4, 0.5) is 0 Å². The molecule has 1 heterocycles. The Morgan fingerprint density at radius 1 is 1.24 bits per heavy atom. The summed E-state index contributed by atoms with van der Waals surface area (Å²) in [5.41, 5.74) is 0.263. The number of hydrogen-bond acceptors (Lipinski definition) is 3. The number of hydrogen-bond donors (Lipinski definition) is 1. The maximum Gasteiger partial charge on any atom is 0.0594 e. The standard InChI is InChI=1S/C18H36N2O/c1-5-15-8-7-9-16(14-15)17(19-4)18(3,6-2)20-10-12-21-13-11-20/h15-17,19H,5-14H2,1-4H3. The van der Waals surface area contributed by atoms with Crippen molar-refractivity contribution in [1.82, 2.24) is 10.2 Å². The molecule has 124 valence electrons. The Morgan fingerprint density at radius 2 is 1.95 bits per heavy atom. The first kappa shape index (κ1) is 17.2. The van der Waals surface area contributed by atoms with Gasteiger partial charge in [0.25, 0.3) is 0 Å². The van der Waals surface area contributed by atoms with Crippen LogP contribution in [-0.2, 0) is 4.74 Å². The average Bonchev–Trinajstić information content (AvgIpc) is 2.56. The van der Waals surface area contributed by atoms with E-state index in [-0.39, 0.29) is 5.54 Å². The fraction of sp³-hybridized carbons (Fsp3) is 1.00. The van der Waals surface area contributed by atoms with Crippen LogP contribution < -0.4 is 5.32 Å². The number of morpholine rings is 1. The molecule has 1 saturated heterocycles. The van der Waals surface area contributed by atoms with Crippen LogP contribution in [0, 0.1) is 11.8 Å². The number of rotatable bonds is 6. The molecule has 0 aromatic heterocycles. The highest BCUT2D eigenvalue weighted by atomic mass is 16.5. The van der Waals surface area contributed by atoms with Gasteiger partial charge in [-0.1, -0.05) is 33.1 Å². The molecule has 0 radical (unpaired) electrons. The van der Waals surface area contributed by atoms with Crippen molar-refractivity contribution in [1.29, 1.82) is 0 Å². The largest absolute Gasteiger partial charge is 0.379 e. The summed E-state index contributed by atoms with van der Waals surface area (Å²) in [6, 6.07) is 0.606. The van der Waals surface area contributed by atoms with Crippen molar-refractivity contribution in [3.05, 3.63) is 0 Å². The van der Waals surface area contributed by atoms with Gasteiger partial charge < -0.3 is 10.1 Å². The summed E-state index contributed by atoms with van der Waals surface area (Å²) in [4.78, 5) is 2.69. The first-order chi connectivity index (χ1) is 10.2. The molecule has 21 heavy (non-hydrogen) atoms. The van der Waals surface area contributed by atoms with Crippen LogP contribution in [0.25, 0.3) is 0 Å². The zero-order valence-corrected chi connectivity index (χ0v) is 14.7. The average molecular weight is 296 g/mol. The van der Waals surface area contributed by atoms with E-state index in [0.717, 1.165) is 38.1 Å². The van der Waals surface area contributed by atoms with E-state index in [1.54, 1.807) is 0 Å². The number of ether oxygens (including phenoxy) is 1. The van der Waals surface area contributed by atoms with Gasteiger partial charge in [0.05, 0.1) is 13.2 Å². The molecule has 1 aliphatic carbocycles. The van der Waals surface area contributed by atoms with Crippen LogP contribution in [0.5, 0.6) is 0 Å².